The van der Waals surface area contributed by atoms with Gasteiger partial charge in [0.2, 0.25) is 0 Å². The van der Waals surface area contributed by atoms with Crippen LogP contribution in [0.2, 0.25) is 0 Å². The number of anilines is 1. The molecule has 0 aromatic heterocycles. The summed E-state index contributed by atoms with van der Waals surface area (Å²) in [6.07, 6.45) is -1.64. The van der Waals surface area contributed by atoms with Crippen molar-refractivity contribution in [2.45, 2.75) is 19.1 Å². The van der Waals surface area contributed by atoms with Gasteiger partial charge in [0.25, 0.3) is 0 Å². The molecular weight excluding hydrogens is 222 g/mol. The van der Waals surface area contributed by atoms with Crippen molar-refractivity contribution in [2.75, 3.05) is 18.0 Å². The normalized spacial score (nSPS) is 24.1. The number of nitrogens with zero attached hydrogens (tertiary/aromatic N) is 1. The molecule has 1 aromatic carbocycles. The van der Waals surface area contributed by atoms with Gasteiger partial charge in [0.05, 0.1) is 23.5 Å². The highest BCUT2D eigenvalue weighted by Crippen LogP contribution is 2.26. The van der Waals surface area contributed by atoms with Gasteiger partial charge < -0.3 is 20.2 Å². The summed E-state index contributed by atoms with van der Waals surface area (Å²) in [6.45, 7) is 2.38. The van der Waals surface area contributed by atoms with Crippen LogP contribution in [-0.4, -0.2) is 46.6 Å². The fourth-order valence-corrected chi connectivity index (χ4v) is 2.05. The van der Waals surface area contributed by atoms with E-state index in [-0.39, 0.29) is 18.7 Å². The Kier molecular flexibility index (Phi) is 3.04. The van der Waals surface area contributed by atoms with Gasteiger partial charge in [-0.05, 0) is 24.6 Å². The fraction of sp³-hybridized carbons (Fsp3) is 0.417. The number of carboxylic acid groups (broad SMARTS) is 1. The molecule has 1 fully saturated rings. The van der Waals surface area contributed by atoms with E-state index in [0.29, 0.717) is 5.69 Å². The minimum atomic E-state index is -1.00. The molecule has 2 unspecified atom stereocenters. The van der Waals surface area contributed by atoms with E-state index in [4.69, 9.17) is 5.11 Å². The van der Waals surface area contributed by atoms with Gasteiger partial charge in [-0.2, -0.15) is 0 Å². The van der Waals surface area contributed by atoms with E-state index in [1.165, 1.54) is 0 Å². The third kappa shape index (κ3) is 2.25. The van der Waals surface area contributed by atoms with E-state index < -0.39 is 18.2 Å². The van der Waals surface area contributed by atoms with Crippen LogP contribution < -0.4 is 4.90 Å². The molecule has 1 aromatic rings. The van der Waals surface area contributed by atoms with E-state index in [1.54, 1.807) is 23.1 Å². The van der Waals surface area contributed by atoms with Crippen LogP contribution in [-0.2, 0) is 0 Å². The molecule has 5 nitrogen and oxygen atoms in total. The van der Waals surface area contributed by atoms with Crippen molar-refractivity contribution in [2.24, 2.45) is 0 Å². The standard InChI is InChI=1S/C12H15NO4/c1-7-2-3-8(12(16)17)9(4-7)13-5-10(14)11(15)6-13/h2-4,10-11,14-15H,5-6H2,1H3,(H,16,17). The van der Waals surface area contributed by atoms with Gasteiger partial charge in [-0.15, -0.1) is 0 Å². The van der Waals surface area contributed by atoms with Crippen molar-refractivity contribution < 1.29 is 20.1 Å². The Morgan fingerprint density at radius 3 is 2.41 bits per heavy atom. The van der Waals surface area contributed by atoms with Crippen LogP contribution in [0.1, 0.15) is 15.9 Å². The zero-order chi connectivity index (χ0) is 12.6. The molecule has 5 heteroatoms. The van der Waals surface area contributed by atoms with Gasteiger partial charge in [-0.25, -0.2) is 4.79 Å². The van der Waals surface area contributed by atoms with Gasteiger partial charge >= 0.3 is 5.97 Å². The van der Waals surface area contributed by atoms with Crippen LogP contribution in [0.25, 0.3) is 0 Å². The molecule has 92 valence electrons. The summed E-state index contributed by atoms with van der Waals surface area (Å²) < 4.78 is 0. The molecule has 0 bridgehead atoms. The molecular formula is C12H15NO4. The zero-order valence-electron chi connectivity index (χ0n) is 9.50. The molecule has 1 aliphatic rings. The first-order valence-corrected chi connectivity index (χ1v) is 5.44. The maximum Gasteiger partial charge on any atom is 0.337 e. The van der Waals surface area contributed by atoms with Crippen molar-refractivity contribution in [1.82, 2.24) is 0 Å². The van der Waals surface area contributed by atoms with Gasteiger partial charge in [0, 0.05) is 13.1 Å². The third-order valence-electron chi connectivity index (χ3n) is 2.98. The van der Waals surface area contributed by atoms with Crippen molar-refractivity contribution in [3.63, 3.8) is 0 Å². The van der Waals surface area contributed by atoms with E-state index >= 15 is 0 Å². The van der Waals surface area contributed by atoms with E-state index in [2.05, 4.69) is 0 Å². The first kappa shape index (κ1) is 11.9. The number of aliphatic hydroxyl groups is 2. The summed E-state index contributed by atoms with van der Waals surface area (Å²) in [5, 5.41) is 28.1. The molecule has 0 aliphatic carbocycles. The maximum absolute atomic E-state index is 11.1. The molecule has 1 aliphatic heterocycles. The Labute approximate surface area is 98.9 Å². The predicted octanol–water partition coefficient (Wildman–Crippen LogP) is 0.235. The Balaban J connectivity index is 2.37. The topological polar surface area (TPSA) is 81.0 Å². The van der Waals surface area contributed by atoms with Gasteiger partial charge in [0.1, 0.15) is 0 Å². The summed E-state index contributed by atoms with van der Waals surface area (Å²) >= 11 is 0. The third-order valence-corrected chi connectivity index (χ3v) is 2.98. The summed E-state index contributed by atoms with van der Waals surface area (Å²) in [5.41, 5.74) is 1.69. The number of rotatable bonds is 2. The van der Waals surface area contributed by atoms with Crippen molar-refractivity contribution >= 4 is 11.7 Å². The molecule has 0 radical (unpaired) electrons. The van der Waals surface area contributed by atoms with Crippen LogP contribution in [0, 0.1) is 6.92 Å². The minimum Gasteiger partial charge on any atom is -0.478 e. The van der Waals surface area contributed by atoms with Crippen molar-refractivity contribution in [3.05, 3.63) is 29.3 Å². The van der Waals surface area contributed by atoms with E-state index in [1.807, 2.05) is 6.92 Å². The maximum atomic E-state index is 11.1. The Morgan fingerprint density at radius 1 is 1.29 bits per heavy atom. The lowest BCUT2D eigenvalue weighted by molar-refractivity contribution is 0.0572. The second-order valence-electron chi connectivity index (χ2n) is 4.37. The number of benzene rings is 1. The van der Waals surface area contributed by atoms with Crippen molar-refractivity contribution in [3.8, 4) is 0 Å². The minimum absolute atomic E-state index is 0.192. The number of carboxylic acids is 1. The van der Waals surface area contributed by atoms with E-state index in [9.17, 15) is 15.0 Å². The molecule has 3 N–H and O–H groups in total. The van der Waals surface area contributed by atoms with Gasteiger partial charge in [-0.1, -0.05) is 6.07 Å². The van der Waals surface area contributed by atoms with Gasteiger partial charge in [0.15, 0.2) is 0 Å². The highest BCUT2D eigenvalue weighted by molar-refractivity contribution is 5.94. The Morgan fingerprint density at radius 2 is 1.88 bits per heavy atom. The SMILES string of the molecule is Cc1ccc(C(=O)O)c(N2CC(O)C(O)C2)c1. The summed E-state index contributed by atoms with van der Waals surface area (Å²) in [7, 11) is 0. The molecule has 0 amide bonds. The molecule has 2 rings (SSSR count). The van der Waals surface area contributed by atoms with Crippen LogP contribution in [0.4, 0.5) is 5.69 Å². The summed E-state index contributed by atoms with van der Waals surface area (Å²) in [6, 6.07) is 5.04. The average Bonchev–Trinajstić information content (AvgIpc) is 2.58. The molecule has 0 saturated carbocycles. The summed E-state index contributed by atoms with van der Waals surface area (Å²) in [4.78, 5) is 12.8. The number of aromatic carboxylic acids is 1. The van der Waals surface area contributed by atoms with Crippen LogP contribution in [0.15, 0.2) is 18.2 Å². The van der Waals surface area contributed by atoms with Crippen LogP contribution in [0.3, 0.4) is 0 Å². The largest absolute Gasteiger partial charge is 0.478 e. The molecule has 1 heterocycles. The number of hydrogen-bond donors (Lipinski definition) is 3. The number of carbonyl (C=O) groups is 1. The predicted molar refractivity (Wildman–Crippen MR) is 62.4 cm³/mol. The Bertz CT molecular complexity index is 436. The lowest BCUT2D eigenvalue weighted by Crippen LogP contribution is -2.23. The van der Waals surface area contributed by atoms with E-state index in [0.717, 1.165) is 5.56 Å². The van der Waals surface area contributed by atoms with Gasteiger partial charge in [-0.3, -0.25) is 0 Å². The van der Waals surface area contributed by atoms with Crippen LogP contribution >= 0.6 is 0 Å². The second-order valence-corrected chi connectivity index (χ2v) is 4.37. The second kappa shape index (κ2) is 4.35. The molecule has 1 saturated heterocycles. The van der Waals surface area contributed by atoms with Crippen molar-refractivity contribution in [1.29, 1.82) is 0 Å². The lowest BCUT2D eigenvalue weighted by atomic mass is 10.1. The molecule has 0 spiro atoms. The number of β-amino-alcohol motifs (C(OH)–C–C–N with tert-alkyl or cyclic N) is 2. The fourth-order valence-electron chi connectivity index (χ4n) is 2.05. The number of hydrogen-bond acceptors (Lipinski definition) is 4. The highest BCUT2D eigenvalue weighted by atomic mass is 16.4. The monoisotopic (exact) mass is 237 g/mol. The highest BCUT2D eigenvalue weighted by Gasteiger charge is 2.31. The average molecular weight is 237 g/mol. The lowest BCUT2D eigenvalue weighted by Gasteiger charge is -2.20. The zero-order valence-corrected chi connectivity index (χ0v) is 9.50. The van der Waals surface area contributed by atoms with Crippen LogP contribution in [0.5, 0.6) is 0 Å². The number of aliphatic hydroxyl groups excluding tert-OH is 2. The first-order valence-electron chi connectivity index (χ1n) is 5.44. The summed E-state index contributed by atoms with van der Waals surface area (Å²) in [5.74, 6) is -1.00. The first-order chi connectivity index (χ1) is 7.99. The smallest absolute Gasteiger partial charge is 0.337 e. The Hall–Kier alpha value is -1.59. The number of aryl methyl sites for hydroxylation is 1. The molecule has 17 heavy (non-hydrogen) atoms. The quantitative estimate of drug-likeness (QED) is 0.686. The molecule has 2 atom stereocenters.